The Morgan fingerprint density at radius 1 is 0.935 bits per heavy atom. The molecule has 6 heteroatoms. The first-order valence-corrected chi connectivity index (χ1v) is 10.4. The van der Waals surface area contributed by atoms with Crippen LogP contribution in [-0.4, -0.2) is 39.2 Å². The van der Waals surface area contributed by atoms with Crippen LogP contribution in [0.4, 0.5) is 0 Å². The van der Waals surface area contributed by atoms with E-state index in [9.17, 15) is 0 Å². The van der Waals surface area contributed by atoms with Gasteiger partial charge in [0.05, 0.1) is 18.9 Å². The van der Waals surface area contributed by atoms with Crippen LogP contribution in [0.5, 0.6) is 17.2 Å². The molecule has 168 valence electrons. The van der Waals surface area contributed by atoms with E-state index in [1.54, 1.807) is 0 Å². The molecule has 0 heterocycles. The predicted octanol–water partition coefficient (Wildman–Crippen LogP) is 5.26. The number of benzene rings is 2. The van der Waals surface area contributed by atoms with Crippen LogP contribution in [0, 0.1) is 13.8 Å². The van der Waals surface area contributed by atoms with E-state index in [2.05, 4.69) is 5.16 Å². The number of hydrogen-bond acceptors (Lipinski definition) is 6. The number of rotatable bonds is 13. The van der Waals surface area contributed by atoms with Crippen LogP contribution >= 0.6 is 0 Å². The van der Waals surface area contributed by atoms with Crippen molar-refractivity contribution in [2.75, 3.05) is 33.5 Å². The van der Waals surface area contributed by atoms with E-state index < -0.39 is 0 Å². The van der Waals surface area contributed by atoms with Gasteiger partial charge in [-0.2, -0.15) is 0 Å². The highest BCUT2D eigenvalue weighted by Crippen LogP contribution is 2.28. The molecular formula is C25H33NO5. The van der Waals surface area contributed by atoms with Gasteiger partial charge in [0.25, 0.3) is 0 Å². The maximum Gasteiger partial charge on any atom is 0.125 e. The van der Waals surface area contributed by atoms with E-state index in [0.29, 0.717) is 33.0 Å². The average molecular weight is 428 g/mol. The van der Waals surface area contributed by atoms with Crippen molar-refractivity contribution in [3.63, 3.8) is 0 Å². The normalized spacial score (nSPS) is 11.6. The van der Waals surface area contributed by atoms with Crippen LogP contribution in [0.3, 0.4) is 0 Å². The van der Waals surface area contributed by atoms with Gasteiger partial charge in [-0.3, -0.25) is 0 Å². The predicted molar refractivity (Wildman–Crippen MR) is 123 cm³/mol. The highest BCUT2D eigenvalue weighted by atomic mass is 16.6. The Bertz CT molecular complexity index is 836. The third-order valence-electron chi connectivity index (χ3n) is 4.36. The standard InChI is InChI=1S/C25H33NO5/c1-6-7-12-29-24-15-19(2)25(20(3)16-24)31-14-13-30-23-10-8-22(9-11-23)18-28-17-21(4)26-27-5/h6-11,15-16H,12-14,17-18H2,1-5H3/b7-6+,26-21+. The zero-order valence-corrected chi connectivity index (χ0v) is 19.1. The summed E-state index contributed by atoms with van der Waals surface area (Å²) in [6, 6.07) is 11.8. The summed E-state index contributed by atoms with van der Waals surface area (Å²) >= 11 is 0. The van der Waals surface area contributed by atoms with Crippen molar-refractivity contribution in [1.29, 1.82) is 0 Å². The Morgan fingerprint density at radius 2 is 1.61 bits per heavy atom. The van der Waals surface area contributed by atoms with Gasteiger partial charge in [-0.1, -0.05) is 29.4 Å². The van der Waals surface area contributed by atoms with E-state index >= 15 is 0 Å². The molecule has 0 fully saturated rings. The fourth-order valence-electron chi connectivity index (χ4n) is 2.95. The largest absolute Gasteiger partial charge is 0.490 e. The summed E-state index contributed by atoms with van der Waals surface area (Å²) in [7, 11) is 1.52. The second-order valence-electron chi connectivity index (χ2n) is 7.11. The van der Waals surface area contributed by atoms with Crippen molar-refractivity contribution in [3.8, 4) is 17.2 Å². The van der Waals surface area contributed by atoms with Gasteiger partial charge in [0.2, 0.25) is 0 Å². The first kappa shape index (κ1) is 24.3. The minimum Gasteiger partial charge on any atom is -0.490 e. The third kappa shape index (κ3) is 8.72. The zero-order valence-electron chi connectivity index (χ0n) is 19.1. The quantitative estimate of drug-likeness (QED) is 0.189. The molecule has 0 aliphatic heterocycles. The van der Waals surface area contributed by atoms with E-state index in [-0.39, 0.29) is 0 Å². The number of oxime groups is 1. The molecule has 6 nitrogen and oxygen atoms in total. The average Bonchev–Trinajstić information content (AvgIpc) is 2.74. The molecule has 0 aromatic heterocycles. The van der Waals surface area contributed by atoms with Gasteiger partial charge in [0.1, 0.15) is 44.2 Å². The topological polar surface area (TPSA) is 58.5 Å². The molecule has 2 aromatic rings. The first-order chi connectivity index (χ1) is 15.0. The van der Waals surface area contributed by atoms with Crippen molar-refractivity contribution in [2.24, 2.45) is 5.16 Å². The van der Waals surface area contributed by atoms with Crippen LogP contribution < -0.4 is 14.2 Å². The molecule has 0 aliphatic rings. The molecule has 0 N–H and O–H groups in total. The van der Waals surface area contributed by atoms with Crippen molar-refractivity contribution in [1.82, 2.24) is 0 Å². The number of hydrogen-bond donors (Lipinski definition) is 0. The molecule has 2 aromatic carbocycles. The van der Waals surface area contributed by atoms with Crippen molar-refractivity contribution >= 4 is 5.71 Å². The summed E-state index contributed by atoms with van der Waals surface area (Å²) in [4.78, 5) is 4.71. The Balaban J connectivity index is 1.75. The first-order valence-electron chi connectivity index (χ1n) is 10.4. The van der Waals surface area contributed by atoms with Gasteiger partial charge < -0.3 is 23.8 Å². The molecular weight excluding hydrogens is 394 g/mol. The lowest BCUT2D eigenvalue weighted by atomic mass is 10.1. The molecule has 0 amide bonds. The molecule has 0 bridgehead atoms. The molecule has 0 saturated heterocycles. The smallest absolute Gasteiger partial charge is 0.125 e. The minimum atomic E-state index is 0.436. The van der Waals surface area contributed by atoms with Crippen LogP contribution in [0.1, 0.15) is 30.5 Å². The van der Waals surface area contributed by atoms with Crippen LogP contribution in [0.25, 0.3) is 0 Å². The lowest BCUT2D eigenvalue weighted by Crippen LogP contribution is -2.10. The fourth-order valence-corrected chi connectivity index (χ4v) is 2.95. The van der Waals surface area contributed by atoms with Gasteiger partial charge in [0, 0.05) is 0 Å². The molecule has 0 spiro atoms. The summed E-state index contributed by atoms with van der Waals surface area (Å²) in [6.45, 7) is 10.3. The van der Waals surface area contributed by atoms with Gasteiger partial charge >= 0.3 is 0 Å². The number of aryl methyl sites for hydroxylation is 2. The Morgan fingerprint density at radius 3 is 2.26 bits per heavy atom. The highest BCUT2D eigenvalue weighted by Gasteiger charge is 2.07. The maximum absolute atomic E-state index is 5.95. The molecule has 2 rings (SSSR count). The highest BCUT2D eigenvalue weighted by molar-refractivity contribution is 5.82. The van der Waals surface area contributed by atoms with Gasteiger partial charge in [-0.25, -0.2) is 0 Å². The SMILES string of the molecule is C/C=C/COc1cc(C)c(OCCOc2ccc(COC/C(C)=N/OC)cc2)c(C)c1. The van der Waals surface area contributed by atoms with E-state index in [1.807, 2.05) is 76.2 Å². The monoisotopic (exact) mass is 427 g/mol. The number of nitrogens with zero attached hydrogens (tertiary/aromatic N) is 1. The molecule has 0 unspecified atom stereocenters. The van der Waals surface area contributed by atoms with Crippen molar-refractivity contribution < 1.29 is 23.8 Å². The third-order valence-corrected chi connectivity index (χ3v) is 4.36. The second-order valence-corrected chi connectivity index (χ2v) is 7.11. The molecule has 0 aliphatic carbocycles. The van der Waals surface area contributed by atoms with Gasteiger partial charge in [-0.05, 0) is 68.7 Å². The van der Waals surface area contributed by atoms with Crippen LogP contribution in [-0.2, 0) is 16.2 Å². The molecule has 31 heavy (non-hydrogen) atoms. The fraction of sp³-hybridized carbons (Fsp3) is 0.400. The number of allylic oxidation sites excluding steroid dienone is 1. The van der Waals surface area contributed by atoms with Gasteiger partial charge in [-0.15, -0.1) is 0 Å². The van der Waals surface area contributed by atoms with E-state index in [1.165, 1.54) is 7.11 Å². The minimum absolute atomic E-state index is 0.436. The lowest BCUT2D eigenvalue weighted by Gasteiger charge is -2.15. The summed E-state index contributed by atoms with van der Waals surface area (Å²) in [6.07, 6.45) is 3.95. The molecule has 0 saturated carbocycles. The van der Waals surface area contributed by atoms with Crippen molar-refractivity contribution in [3.05, 3.63) is 65.2 Å². The Kier molecular flexibility index (Phi) is 10.4. The maximum atomic E-state index is 5.95. The summed E-state index contributed by atoms with van der Waals surface area (Å²) in [5, 5.41) is 3.81. The lowest BCUT2D eigenvalue weighted by molar-refractivity contribution is 0.150. The molecule has 0 atom stereocenters. The zero-order chi connectivity index (χ0) is 22.5. The Labute approximate surface area is 185 Å². The number of ether oxygens (including phenoxy) is 4. The Hall–Kier alpha value is -2.99. The van der Waals surface area contributed by atoms with Crippen molar-refractivity contribution in [2.45, 2.75) is 34.3 Å². The van der Waals surface area contributed by atoms with Crippen LogP contribution in [0.15, 0.2) is 53.7 Å². The van der Waals surface area contributed by atoms with E-state index in [4.69, 9.17) is 23.8 Å². The van der Waals surface area contributed by atoms with Gasteiger partial charge in [0.15, 0.2) is 0 Å². The summed E-state index contributed by atoms with van der Waals surface area (Å²) in [5.74, 6) is 2.52. The summed E-state index contributed by atoms with van der Waals surface area (Å²) < 4.78 is 23.1. The van der Waals surface area contributed by atoms with E-state index in [0.717, 1.165) is 39.7 Å². The second kappa shape index (κ2) is 13.3. The molecule has 0 radical (unpaired) electrons. The van der Waals surface area contributed by atoms with Crippen LogP contribution in [0.2, 0.25) is 0 Å². The summed E-state index contributed by atoms with van der Waals surface area (Å²) in [5.41, 5.74) is 3.96.